The van der Waals surface area contributed by atoms with Crippen LogP contribution < -0.4 is 5.32 Å². The summed E-state index contributed by atoms with van der Waals surface area (Å²) in [6.07, 6.45) is -1.68. The van der Waals surface area contributed by atoms with Gasteiger partial charge in [0, 0.05) is 18.6 Å². The van der Waals surface area contributed by atoms with E-state index in [4.69, 9.17) is 0 Å². The van der Waals surface area contributed by atoms with Gasteiger partial charge in [0.15, 0.2) is 11.6 Å². The van der Waals surface area contributed by atoms with E-state index in [0.717, 1.165) is 28.7 Å². The summed E-state index contributed by atoms with van der Waals surface area (Å²) in [7, 11) is 0. The summed E-state index contributed by atoms with van der Waals surface area (Å²) in [5.74, 6) is -1.14. The summed E-state index contributed by atoms with van der Waals surface area (Å²) in [5, 5.41) is 13.3. The van der Waals surface area contributed by atoms with Crippen LogP contribution >= 0.6 is 0 Å². The summed E-state index contributed by atoms with van der Waals surface area (Å²) in [4.78, 5) is 24.6. The lowest BCUT2D eigenvalue weighted by molar-refractivity contribution is -0.162. The molecule has 4 heterocycles. The van der Waals surface area contributed by atoms with Gasteiger partial charge in [0.05, 0.1) is 11.8 Å². The molecule has 0 aliphatic heterocycles. The van der Waals surface area contributed by atoms with Crippen LogP contribution in [0, 0.1) is 0 Å². The summed E-state index contributed by atoms with van der Waals surface area (Å²) in [6.45, 7) is 0.930. The van der Waals surface area contributed by atoms with Crippen molar-refractivity contribution in [2.45, 2.75) is 25.6 Å². The lowest BCUT2D eigenvalue weighted by atomic mass is 10.2. The van der Waals surface area contributed by atoms with Crippen molar-refractivity contribution in [2.24, 2.45) is 0 Å². The minimum atomic E-state index is -4.56. The third-order valence-electron chi connectivity index (χ3n) is 4.66. The minimum absolute atomic E-state index is 0.0178. The molecule has 0 bridgehead atoms. The molecule has 15 heteroatoms. The van der Waals surface area contributed by atoms with Crippen molar-refractivity contribution >= 4 is 11.7 Å². The SMILES string of the molecule is C[C@@H](n1cnnc1-c1cccc(NC(=O)c2cn(-c3cnccn3)nc2C(F)F)n1)C(F)(F)F. The smallest absolute Gasteiger partial charge is 0.306 e. The number of pyridine rings is 1. The van der Waals surface area contributed by atoms with E-state index in [0.29, 0.717) is 0 Å². The molecule has 0 radical (unpaired) electrons. The normalized spacial score (nSPS) is 12.7. The molecule has 1 amide bonds. The van der Waals surface area contributed by atoms with Crippen LogP contribution in [0.25, 0.3) is 17.3 Å². The standard InChI is InChI=1S/C19H14F5N9O/c1-10(19(22,23)24)32-9-27-30-17(32)12-3-2-4-13(28-12)29-18(34)11-8-33(31-15(11)16(20)21)14-7-25-5-6-26-14/h2-10,16H,1H3,(H,28,29,34)/t10-/m1/s1. The number of hydrogen-bond donors (Lipinski definition) is 1. The maximum Gasteiger partial charge on any atom is 0.408 e. The van der Waals surface area contributed by atoms with Crippen LogP contribution in [0.4, 0.5) is 27.8 Å². The number of amides is 1. The number of aromatic nitrogens is 8. The Bertz CT molecular complexity index is 1300. The van der Waals surface area contributed by atoms with Gasteiger partial charge in [-0.3, -0.25) is 9.78 Å². The highest BCUT2D eigenvalue weighted by Crippen LogP contribution is 2.32. The molecule has 10 nitrogen and oxygen atoms in total. The summed E-state index contributed by atoms with van der Waals surface area (Å²) < 4.78 is 68.2. The first kappa shape index (κ1) is 22.9. The Hall–Kier alpha value is -4.30. The average Bonchev–Trinajstić information content (AvgIpc) is 3.47. The van der Waals surface area contributed by atoms with Crippen LogP contribution in [0.5, 0.6) is 0 Å². The minimum Gasteiger partial charge on any atom is -0.306 e. The van der Waals surface area contributed by atoms with Crippen LogP contribution in [0.1, 0.15) is 35.4 Å². The monoisotopic (exact) mass is 479 g/mol. The van der Waals surface area contributed by atoms with Gasteiger partial charge in [0.2, 0.25) is 0 Å². The van der Waals surface area contributed by atoms with Gasteiger partial charge in [0.1, 0.15) is 29.6 Å². The molecular formula is C19H14F5N9O. The van der Waals surface area contributed by atoms with Gasteiger partial charge in [-0.1, -0.05) is 6.07 Å². The van der Waals surface area contributed by atoms with Crippen molar-refractivity contribution in [3.63, 3.8) is 0 Å². The number of nitrogens with one attached hydrogen (secondary N) is 1. The molecule has 0 saturated carbocycles. The van der Waals surface area contributed by atoms with Gasteiger partial charge in [-0.15, -0.1) is 10.2 Å². The molecule has 4 rings (SSSR count). The summed E-state index contributed by atoms with van der Waals surface area (Å²) in [6, 6.07) is 2.19. The molecule has 4 aromatic rings. The number of rotatable bonds is 6. The Morgan fingerprint density at radius 2 is 1.97 bits per heavy atom. The van der Waals surface area contributed by atoms with Crippen LogP contribution in [0.15, 0.2) is 49.3 Å². The van der Waals surface area contributed by atoms with E-state index in [1.54, 1.807) is 0 Å². The molecule has 0 aliphatic rings. The van der Waals surface area contributed by atoms with E-state index in [1.807, 2.05) is 0 Å². The van der Waals surface area contributed by atoms with Crippen molar-refractivity contribution in [3.8, 4) is 17.3 Å². The first-order valence-corrected chi connectivity index (χ1v) is 9.54. The molecule has 4 aromatic heterocycles. The van der Waals surface area contributed by atoms with E-state index >= 15 is 0 Å². The number of alkyl halides is 5. The van der Waals surface area contributed by atoms with Crippen molar-refractivity contribution in [1.82, 2.24) is 39.5 Å². The highest BCUT2D eigenvalue weighted by molar-refractivity contribution is 6.04. The van der Waals surface area contributed by atoms with E-state index in [-0.39, 0.29) is 23.2 Å². The van der Waals surface area contributed by atoms with Gasteiger partial charge in [0.25, 0.3) is 12.3 Å². The molecule has 176 valence electrons. The second kappa shape index (κ2) is 8.92. The molecule has 0 aliphatic carbocycles. The maximum atomic E-state index is 13.5. The van der Waals surface area contributed by atoms with Gasteiger partial charge < -0.3 is 9.88 Å². The first-order valence-electron chi connectivity index (χ1n) is 9.54. The molecular weight excluding hydrogens is 465 g/mol. The number of nitrogens with zero attached hydrogens (tertiary/aromatic N) is 8. The lowest BCUT2D eigenvalue weighted by Crippen LogP contribution is -2.24. The fraction of sp³-hybridized carbons (Fsp3) is 0.211. The Kier molecular flexibility index (Phi) is 6.00. The number of halogens is 5. The largest absolute Gasteiger partial charge is 0.408 e. The Labute approximate surface area is 187 Å². The van der Waals surface area contributed by atoms with Gasteiger partial charge in [-0.05, 0) is 19.1 Å². The fourth-order valence-corrected chi connectivity index (χ4v) is 2.93. The third kappa shape index (κ3) is 4.57. The number of carbonyl (C=O) groups is 1. The van der Waals surface area contributed by atoms with Crippen LogP contribution in [-0.2, 0) is 0 Å². The fourth-order valence-electron chi connectivity index (χ4n) is 2.93. The van der Waals surface area contributed by atoms with Crippen LogP contribution in [0.3, 0.4) is 0 Å². The molecule has 0 spiro atoms. The molecule has 0 fully saturated rings. The number of hydrogen-bond acceptors (Lipinski definition) is 7. The van der Waals surface area contributed by atoms with Gasteiger partial charge in [-0.2, -0.15) is 18.3 Å². The van der Waals surface area contributed by atoms with Crippen LogP contribution in [-0.4, -0.2) is 51.6 Å². The van der Waals surface area contributed by atoms with Crippen molar-refractivity contribution in [1.29, 1.82) is 0 Å². The maximum absolute atomic E-state index is 13.5. The highest BCUT2D eigenvalue weighted by atomic mass is 19.4. The second-order valence-corrected chi connectivity index (χ2v) is 6.88. The number of carbonyl (C=O) groups excluding carboxylic acids is 1. The Morgan fingerprint density at radius 3 is 2.65 bits per heavy atom. The topological polar surface area (TPSA) is 116 Å². The molecule has 0 aromatic carbocycles. The van der Waals surface area contributed by atoms with Gasteiger partial charge >= 0.3 is 6.18 Å². The zero-order valence-electron chi connectivity index (χ0n) is 17.1. The predicted molar refractivity (Wildman–Crippen MR) is 106 cm³/mol. The molecule has 0 saturated heterocycles. The van der Waals surface area contributed by atoms with E-state index in [2.05, 4.69) is 35.6 Å². The molecule has 0 unspecified atom stereocenters. The van der Waals surface area contributed by atoms with Gasteiger partial charge in [-0.25, -0.2) is 23.4 Å². The zero-order valence-corrected chi connectivity index (χ0v) is 17.1. The van der Waals surface area contributed by atoms with Crippen molar-refractivity contribution in [2.75, 3.05) is 5.32 Å². The quantitative estimate of drug-likeness (QED) is 0.420. The van der Waals surface area contributed by atoms with E-state index in [9.17, 15) is 26.7 Å². The van der Waals surface area contributed by atoms with E-state index in [1.165, 1.54) is 36.8 Å². The lowest BCUT2D eigenvalue weighted by Gasteiger charge is -2.18. The predicted octanol–water partition coefficient (Wildman–Crippen LogP) is 3.63. The van der Waals surface area contributed by atoms with Crippen LogP contribution in [0.2, 0.25) is 0 Å². The Balaban J connectivity index is 1.62. The van der Waals surface area contributed by atoms with Crippen molar-refractivity contribution < 1.29 is 26.7 Å². The zero-order chi connectivity index (χ0) is 24.5. The Morgan fingerprint density at radius 1 is 1.18 bits per heavy atom. The summed E-state index contributed by atoms with van der Waals surface area (Å²) >= 11 is 0. The summed E-state index contributed by atoms with van der Waals surface area (Å²) in [5.41, 5.74) is -1.25. The second-order valence-electron chi connectivity index (χ2n) is 6.88. The van der Waals surface area contributed by atoms with Crippen molar-refractivity contribution in [3.05, 3.63) is 60.6 Å². The molecule has 1 N–H and O–H groups in total. The highest BCUT2D eigenvalue weighted by Gasteiger charge is 2.38. The molecule has 34 heavy (non-hydrogen) atoms. The third-order valence-corrected chi connectivity index (χ3v) is 4.66. The molecule has 1 atom stereocenters. The number of anilines is 1. The van der Waals surface area contributed by atoms with E-state index < -0.39 is 35.8 Å². The first-order chi connectivity index (χ1) is 16.1. The average molecular weight is 479 g/mol.